The number of alkyl halides is 3. The number of aliphatic hydroxyl groups is 1. The van der Waals surface area contributed by atoms with Gasteiger partial charge in [0.15, 0.2) is 0 Å². The highest BCUT2D eigenvalue weighted by atomic mass is 35.5. The quantitative estimate of drug-likeness (QED) is 0.847. The summed E-state index contributed by atoms with van der Waals surface area (Å²) in [5.41, 5.74) is 0.901. The number of aliphatic hydroxyl groups excluding tert-OH is 1. The zero-order chi connectivity index (χ0) is 18.7. The highest BCUT2D eigenvalue weighted by molar-refractivity contribution is 6.30. The van der Waals surface area contributed by atoms with Gasteiger partial charge < -0.3 is 14.9 Å². The summed E-state index contributed by atoms with van der Waals surface area (Å²) >= 11 is 6.03. The number of hydrogen-bond acceptors (Lipinski definition) is 2. The summed E-state index contributed by atoms with van der Waals surface area (Å²) in [4.78, 5) is 3.48. The van der Waals surface area contributed by atoms with Crippen LogP contribution in [0.15, 0.2) is 48.5 Å². The van der Waals surface area contributed by atoms with Gasteiger partial charge in [-0.2, -0.15) is 13.2 Å². The van der Waals surface area contributed by atoms with Crippen molar-refractivity contribution in [2.75, 3.05) is 37.6 Å². The summed E-state index contributed by atoms with van der Waals surface area (Å²) in [6.07, 6.45) is -5.13. The summed E-state index contributed by atoms with van der Waals surface area (Å²) in [7, 11) is 0. The highest BCUT2D eigenvalue weighted by Gasteiger charge is 2.30. The van der Waals surface area contributed by atoms with Gasteiger partial charge in [-0.15, -0.1) is 0 Å². The number of halogens is 4. The first kappa shape index (κ1) is 19.0. The largest absolute Gasteiger partial charge is 0.416 e. The minimum absolute atomic E-state index is 0.481. The van der Waals surface area contributed by atoms with Crippen molar-refractivity contribution in [1.29, 1.82) is 0 Å². The Labute approximate surface area is 155 Å². The molecule has 3 rings (SSSR count). The number of anilines is 1. The molecule has 1 aliphatic rings. The standard InChI is InChI=1S/C19H20ClF3N2O/c20-16-2-1-3-17(12-16)25-10-8-24(9-11-25)13-18(26)14-4-6-15(7-5-14)19(21,22)23/h1-7,12,18,26H,8-11,13H2/p+1/t18-/m0/s1. The third kappa shape index (κ3) is 4.69. The van der Waals surface area contributed by atoms with Crippen LogP contribution in [0.25, 0.3) is 0 Å². The van der Waals surface area contributed by atoms with Crippen molar-refractivity contribution in [3.8, 4) is 0 Å². The van der Waals surface area contributed by atoms with E-state index in [1.807, 2.05) is 24.3 Å². The maximum Gasteiger partial charge on any atom is 0.416 e. The van der Waals surface area contributed by atoms with E-state index in [1.165, 1.54) is 17.0 Å². The second-order valence-corrected chi connectivity index (χ2v) is 6.99. The summed E-state index contributed by atoms with van der Waals surface area (Å²) in [6, 6.07) is 12.5. The zero-order valence-corrected chi connectivity index (χ0v) is 14.9. The monoisotopic (exact) mass is 385 g/mol. The number of nitrogens with zero attached hydrogens (tertiary/aromatic N) is 1. The molecule has 26 heavy (non-hydrogen) atoms. The van der Waals surface area contributed by atoms with Crippen molar-refractivity contribution in [3.63, 3.8) is 0 Å². The number of nitrogens with one attached hydrogen (secondary N) is 1. The highest BCUT2D eigenvalue weighted by Crippen LogP contribution is 2.29. The van der Waals surface area contributed by atoms with Gasteiger partial charge in [0.25, 0.3) is 0 Å². The molecule has 0 spiro atoms. The molecule has 0 saturated carbocycles. The van der Waals surface area contributed by atoms with Gasteiger partial charge in [0.05, 0.1) is 31.7 Å². The number of hydrogen-bond donors (Lipinski definition) is 2. The van der Waals surface area contributed by atoms with E-state index in [-0.39, 0.29) is 0 Å². The number of benzene rings is 2. The van der Waals surface area contributed by atoms with E-state index in [9.17, 15) is 18.3 Å². The molecule has 1 aliphatic heterocycles. The minimum Gasteiger partial charge on any atom is -0.382 e. The van der Waals surface area contributed by atoms with Crippen molar-refractivity contribution in [2.45, 2.75) is 12.3 Å². The maximum absolute atomic E-state index is 12.6. The van der Waals surface area contributed by atoms with Gasteiger partial charge in [-0.05, 0) is 35.9 Å². The van der Waals surface area contributed by atoms with Gasteiger partial charge in [-0.1, -0.05) is 29.8 Å². The van der Waals surface area contributed by atoms with Crippen molar-refractivity contribution in [2.24, 2.45) is 0 Å². The van der Waals surface area contributed by atoms with Crippen molar-refractivity contribution in [1.82, 2.24) is 0 Å². The molecule has 1 heterocycles. The van der Waals surface area contributed by atoms with E-state index in [2.05, 4.69) is 4.90 Å². The second kappa shape index (κ2) is 7.86. The van der Waals surface area contributed by atoms with E-state index in [0.717, 1.165) is 44.0 Å². The average molecular weight is 386 g/mol. The molecule has 0 amide bonds. The Hall–Kier alpha value is -1.76. The van der Waals surface area contributed by atoms with Crippen LogP contribution >= 0.6 is 11.6 Å². The molecule has 3 nitrogen and oxygen atoms in total. The van der Waals surface area contributed by atoms with E-state index in [1.54, 1.807) is 0 Å². The van der Waals surface area contributed by atoms with Gasteiger partial charge in [0.1, 0.15) is 12.6 Å². The van der Waals surface area contributed by atoms with Crippen LogP contribution in [0.3, 0.4) is 0 Å². The molecule has 1 atom stereocenters. The lowest BCUT2D eigenvalue weighted by molar-refractivity contribution is -0.904. The van der Waals surface area contributed by atoms with Gasteiger partial charge >= 0.3 is 6.18 Å². The first-order valence-electron chi connectivity index (χ1n) is 8.52. The van der Waals surface area contributed by atoms with E-state index >= 15 is 0 Å². The zero-order valence-electron chi connectivity index (χ0n) is 14.1. The summed E-state index contributed by atoms with van der Waals surface area (Å²) in [5, 5.41) is 11.1. The fourth-order valence-electron chi connectivity index (χ4n) is 3.24. The molecule has 1 saturated heterocycles. The smallest absolute Gasteiger partial charge is 0.382 e. The van der Waals surface area contributed by atoms with Crippen LogP contribution in [0.5, 0.6) is 0 Å². The lowest BCUT2D eigenvalue weighted by Gasteiger charge is -2.34. The average Bonchev–Trinajstić information content (AvgIpc) is 2.62. The van der Waals surface area contributed by atoms with Crippen LogP contribution in [0.4, 0.5) is 18.9 Å². The minimum atomic E-state index is -4.36. The maximum atomic E-state index is 12.6. The summed E-state index contributed by atoms with van der Waals surface area (Å²) in [5.74, 6) is 0. The Balaban J connectivity index is 1.54. The molecule has 0 aromatic heterocycles. The van der Waals surface area contributed by atoms with Crippen molar-refractivity contribution < 1.29 is 23.2 Å². The Kier molecular flexibility index (Phi) is 5.75. The molecule has 2 aromatic rings. The first-order chi connectivity index (χ1) is 12.3. The molecule has 0 bridgehead atoms. The van der Waals surface area contributed by atoms with Gasteiger partial charge in [0, 0.05) is 10.7 Å². The predicted molar refractivity (Wildman–Crippen MR) is 95.6 cm³/mol. The molecule has 2 N–H and O–H groups in total. The van der Waals surface area contributed by atoms with Crippen molar-refractivity contribution >= 4 is 17.3 Å². The molecule has 0 unspecified atom stereocenters. The molecule has 2 aromatic carbocycles. The number of rotatable bonds is 4. The van der Waals surface area contributed by atoms with Gasteiger partial charge in [-0.3, -0.25) is 0 Å². The number of quaternary nitrogens is 1. The second-order valence-electron chi connectivity index (χ2n) is 6.56. The third-order valence-corrected chi connectivity index (χ3v) is 4.98. The molecule has 1 fully saturated rings. The Morgan fingerprint density at radius 3 is 2.31 bits per heavy atom. The fraction of sp³-hybridized carbons (Fsp3) is 0.368. The van der Waals surface area contributed by atoms with Crippen LogP contribution in [-0.2, 0) is 6.18 Å². The first-order valence-corrected chi connectivity index (χ1v) is 8.90. The Morgan fingerprint density at radius 1 is 1.08 bits per heavy atom. The molecule has 7 heteroatoms. The topological polar surface area (TPSA) is 27.9 Å². The SMILES string of the molecule is O[C@@H](C[NH+]1CCN(c2cccc(Cl)c2)CC1)c1ccc(C(F)(F)F)cc1. The van der Waals surface area contributed by atoms with Crippen LogP contribution in [-0.4, -0.2) is 37.8 Å². The summed E-state index contributed by atoms with van der Waals surface area (Å²) in [6.45, 7) is 3.87. The predicted octanol–water partition coefficient (Wildman–Crippen LogP) is 2.80. The van der Waals surface area contributed by atoms with E-state index in [0.29, 0.717) is 17.1 Å². The Bertz CT molecular complexity index is 728. The molecule has 0 radical (unpaired) electrons. The van der Waals surface area contributed by atoms with Gasteiger partial charge in [0.2, 0.25) is 0 Å². The third-order valence-electron chi connectivity index (χ3n) is 4.75. The molecule has 0 aliphatic carbocycles. The lowest BCUT2D eigenvalue weighted by Crippen LogP contribution is -3.15. The molecular formula is C19H21ClF3N2O+. The molecular weight excluding hydrogens is 365 g/mol. The normalized spacial score (nSPS) is 17.3. The lowest BCUT2D eigenvalue weighted by atomic mass is 10.1. The van der Waals surface area contributed by atoms with Crippen LogP contribution in [0.1, 0.15) is 17.2 Å². The Morgan fingerprint density at radius 2 is 1.73 bits per heavy atom. The van der Waals surface area contributed by atoms with Crippen LogP contribution in [0, 0.1) is 0 Å². The van der Waals surface area contributed by atoms with Gasteiger partial charge in [-0.25, -0.2) is 0 Å². The molecule has 140 valence electrons. The van der Waals surface area contributed by atoms with Crippen LogP contribution < -0.4 is 9.80 Å². The van der Waals surface area contributed by atoms with Crippen molar-refractivity contribution in [3.05, 3.63) is 64.7 Å². The number of piperazine rings is 1. The van der Waals surface area contributed by atoms with Crippen LogP contribution in [0.2, 0.25) is 5.02 Å². The van der Waals surface area contributed by atoms with E-state index < -0.39 is 17.8 Å². The summed E-state index contributed by atoms with van der Waals surface area (Å²) < 4.78 is 37.8. The fourth-order valence-corrected chi connectivity index (χ4v) is 3.43. The van der Waals surface area contributed by atoms with E-state index in [4.69, 9.17) is 11.6 Å².